The fourth-order valence-corrected chi connectivity index (χ4v) is 5.77. The van der Waals surface area contributed by atoms with Gasteiger partial charge in [0.15, 0.2) is 5.13 Å². The fourth-order valence-electron chi connectivity index (χ4n) is 4.78. The van der Waals surface area contributed by atoms with Crippen LogP contribution in [0.15, 0.2) is 46.2 Å². The summed E-state index contributed by atoms with van der Waals surface area (Å²) in [5, 5.41) is 16.4. The molecule has 0 saturated carbocycles. The van der Waals surface area contributed by atoms with Crippen molar-refractivity contribution in [1.29, 1.82) is 0 Å². The van der Waals surface area contributed by atoms with Crippen molar-refractivity contribution in [2.24, 2.45) is 0 Å². The van der Waals surface area contributed by atoms with Crippen molar-refractivity contribution in [2.45, 2.75) is 26.9 Å². The van der Waals surface area contributed by atoms with Crippen LogP contribution in [0.5, 0.6) is 0 Å². The summed E-state index contributed by atoms with van der Waals surface area (Å²) in [4.78, 5) is 59.1. The van der Waals surface area contributed by atoms with Gasteiger partial charge < -0.3 is 25.6 Å². The van der Waals surface area contributed by atoms with E-state index in [4.69, 9.17) is 11.6 Å². The number of para-hydroxylation sites is 1. The normalized spacial score (nSPS) is 15.5. The number of β-amino-alcohol motifs (C(OH)–C–C–N with tert-alkyl or cyclic N) is 1. The number of halogens is 1. The molecule has 1 aromatic carbocycles. The molecule has 1 fully saturated rings. The Labute approximate surface area is 249 Å². The fraction of sp³-hybridized carbons (Fsp3) is 0.333. The highest BCUT2D eigenvalue weighted by atomic mass is 35.5. The summed E-state index contributed by atoms with van der Waals surface area (Å²) in [6, 6.07) is 7.10. The van der Waals surface area contributed by atoms with E-state index in [0.717, 1.165) is 16.9 Å². The monoisotopic (exact) mass is 611 g/mol. The topological polar surface area (TPSA) is 161 Å². The predicted molar refractivity (Wildman–Crippen MR) is 162 cm³/mol. The van der Waals surface area contributed by atoms with Crippen LogP contribution in [0.4, 0.5) is 22.5 Å². The van der Waals surface area contributed by atoms with Crippen LogP contribution in [0.2, 0.25) is 5.02 Å². The number of benzene rings is 1. The molecule has 5 rings (SSSR count). The van der Waals surface area contributed by atoms with Gasteiger partial charge >= 0.3 is 5.69 Å². The number of aromatic amines is 1. The first-order valence-electron chi connectivity index (χ1n) is 13.2. The molecule has 3 aromatic heterocycles. The molecular formula is C27H30ClN9O4S. The smallest absolute Gasteiger partial charge is 0.330 e. The number of amides is 1. The second-order valence-electron chi connectivity index (χ2n) is 9.85. The van der Waals surface area contributed by atoms with Gasteiger partial charge in [0.25, 0.3) is 11.5 Å². The predicted octanol–water partition coefficient (Wildman–Crippen LogP) is 2.67. The number of thiazole rings is 1. The molecule has 0 bridgehead atoms. The molecule has 4 heterocycles. The third-order valence-corrected chi connectivity index (χ3v) is 8.11. The molecule has 0 radical (unpaired) electrons. The highest BCUT2D eigenvalue weighted by molar-refractivity contribution is 7.17. The van der Waals surface area contributed by atoms with E-state index in [1.54, 1.807) is 26.0 Å². The van der Waals surface area contributed by atoms with Gasteiger partial charge in [0.05, 0.1) is 23.5 Å². The number of nitrogens with zero attached hydrogens (tertiary/aromatic N) is 6. The molecule has 1 amide bonds. The van der Waals surface area contributed by atoms with Crippen molar-refractivity contribution in [3.8, 4) is 0 Å². The first-order valence-corrected chi connectivity index (χ1v) is 14.4. The van der Waals surface area contributed by atoms with E-state index in [2.05, 4.69) is 30.6 Å². The molecule has 1 aliphatic rings. The average Bonchev–Trinajstić information content (AvgIpc) is 3.41. The molecule has 0 spiro atoms. The van der Waals surface area contributed by atoms with Gasteiger partial charge in [-0.1, -0.05) is 35.1 Å². The van der Waals surface area contributed by atoms with Gasteiger partial charge in [0.1, 0.15) is 28.5 Å². The number of rotatable bonds is 8. The molecule has 1 saturated heterocycles. The van der Waals surface area contributed by atoms with Crippen LogP contribution in [0.3, 0.4) is 0 Å². The summed E-state index contributed by atoms with van der Waals surface area (Å²) in [5.74, 6) is 1.06. The largest absolute Gasteiger partial charge is 0.395 e. The maximum absolute atomic E-state index is 13.1. The summed E-state index contributed by atoms with van der Waals surface area (Å²) in [6.45, 7) is 6.98. The van der Waals surface area contributed by atoms with Crippen LogP contribution in [0, 0.1) is 20.8 Å². The number of anilines is 4. The molecule has 13 nitrogen and oxygen atoms in total. The van der Waals surface area contributed by atoms with E-state index in [1.807, 2.05) is 28.9 Å². The molecule has 0 aliphatic carbocycles. The Kier molecular flexibility index (Phi) is 8.68. The first-order chi connectivity index (χ1) is 20.1. The highest BCUT2D eigenvalue weighted by Gasteiger charge is 2.32. The van der Waals surface area contributed by atoms with Crippen molar-refractivity contribution in [3.05, 3.63) is 84.3 Å². The number of carbonyl (C=O) groups is 1. The number of aromatic nitrogens is 5. The molecule has 220 valence electrons. The Bertz CT molecular complexity index is 1720. The van der Waals surface area contributed by atoms with Gasteiger partial charge in [0, 0.05) is 44.0 Å². The van der Waals surface area contributed by atoms with Crippen molar-refractivity contribution >= 4 is 51.3 Å². The van der Waals surface area contributed by atoms with Crippen LogP contribution in [-0.4, -0.2) is 73.2 Å². The van der Waals surface area contributed by atoms with Gasteiger partial charge in [-0.3, -0.25) is 14.5 Å². The molecular weight excluding hydrogens is 582 g/mol. The van der Waals surface area contributed by atoms with Crippen LogP contribution in [0.25, 0.3) is 0 Å². The van der Waals surface area contributed by atoms with Crippen LogP contribution < -0.4 is 26.8 Å². The summed E-state index contributed by atoms with van der Waals surface area (Å²) in [5.41, 5.74) is 0.861. The van der Waals surface area contributed by atoms with E-state index < -0.39 is 17.4 Å². The molecule has 42 heavy (non-hydrogen) atoms. The van der Waals surface area contributed by atoms with E-state index in [-0.39, 0.29) is 12.5 Å². The number of nitrogens with one attached hydrogen (secondary N) is 3. The van der Waals surface area contributed by atoms with Crippen molar-refractivity contribution in [2.75, 3.05) is 48.3 Å². The molecule has 4 aromatic rings. The number of hydrogen-bond acceptors (Lipinski definition) is 11. The van der Waals surface area contributed by atoms with E-state index >= 15 is 0 Å². The van der Waals surface area contributed by atoms with E-state index in [1.165, 1.54) is 17.0 Å². The summed E-state index contributed by atoms with van der Waals surface area (Å²) in [6.07, 6.45) is 2.19. The number of aliphatic hydroxyl groups is 1. The lowest BCUT2D eigenvalue weighted by atomic mass is 10.2. The second kappa shape index (κ2) is 12.4. The lowest BCUT2D eigenvalue weighted by molar-refractivity contribution is 0.103. The number of piperazine rings is 1. The number of H-pyrrole nitrogens is 1. The van der Waals surface area contributed by atoms with Crippen LogP contribution in [-0.2, 0) is 0 Å². The third-order valence-electron chi connectivity index (χ3n) is 6.88. The highest BCUT2D eigenvalue weighted by Crippen LogP contribution is 2.30. The Balaban J connectivity index is 1.41. The molecule has 1 aliphatic heterocycles. The average molecular weight is 612 g/mol. The Morgan fingerprint density at radius 3 is 2.76 bits per heavy atom. The Morgan fingerprint density at radius 2 is 2.00 bits per heavy atom. The number of aryl methyl sites for hydroxylation is 3. The zero-order valence-corrected chi connectivity index (χ0v) is 24.8. The minimum atomic E-state index is -0.674. The summed E-state index contributed by atoms with van der Waals surface area (Å²) >= 11 is 7.41. The maximum atomic E-state index is 13.1. The molecule has 1 unspecified atom stereocenters. The van der Waals surface area contributed by atoms with Gasteiger partial charge in [-0.2, -0.15) is 0 Å². The minimum absolute atomic E-state index is 0.0434. The first kappa shape index (κ1) is 29.4. The van der Waals surface area contributed by atoms with Gasteiger partial charge in [0.2, 0.25) is 0 Å². The van der Waals surface area contributed by atoms with Crippen LogP contribution >= 0.6 is 22.9 Å². The van der Waals surface area contributed by atoms with Gasteiger partial charge in [-0.15, -0.1) is 0 Å². The number of aliphatic hydroxyl groups excluding tert-OH is 1. The minimum Gasteiger partial charge on any atom is -0.395 e. The molecule has 4 N–H and O–H groups in total. The SMILES string of the molecule is Cc1nc(Nc2ncc(C(=O)Nc3c(C)cccc3Cl)s2)cc(N2CCN(CCO)CC2n2c(=O)[nH]cc(C)c2=O)n1. The number of hydrogen-bond donors (Lipinski definition) is 4. The quantitative estimate of drug-likeness (QED) is 0.233. The summed E-state index contributed by atoms with van der Waals surface area (Å²) in [7, 11) is 0. The molecule has 15 heteroatoms. The second-order valence-corrected chi connectivity index (χ2v) is 11.3. The standard InChI is InChI=1S/C27H30ClN9O4S/c1-15-5-4-6-18(28)23(15)34-24(39)19-13-29-26(42-19)33-20-11-21(32-17(3)31-20)36-8-7-35(9-10-38)14-22(36)37-25(40)16(2)12-30-27(37)41/h4-6,11-13,22,38H,7-10,14H2,1-3H3,(H,30,41)(H,34,39)(H,29,31,32,33). The van der Waals surface area contributed by atoms with E-state index in [9.17, 15) is 19.5 Å². The lowest BCUT2D eigenvalue weighted by Crippen LogP contribution is -2.56. The van der Waals surface area contributed by atoms with E-state index in [0.29, 0.717) is 69.9 Å². The lowest BCUT2D eigenvalue weighted by Gasteiger charge is -2.42. The Morgan fingerprint density at radius 1 is 1.19 bits per heavy atom. The summed E-state index contributed by atoms with van der Waals surface area (Å²) < 4.78 is 1.19. The molecule has 1 atom stereocenters. The van der Waals surface area contributed by atoms with Crippen molar-refractivity contribution < 1.29 is 9.90 Å². The van der Waals surface area contributed by atoms with Gasteiger partial charge in [-0.25, -0.2) is 24.3 Å². The zero-order valence-electron chi connectivity index (χ0n) is 23.2. The zero-order chi connectivity index (χ0) is 30.0. The van der Waals surface area contributed by atoms with Gasteiger partial charge in [-0.05, 0) is 32.4 Å². The van der Waals surface area contributed by atoms with Crippen molar-refractivity contribution in [1.82, 2.24) is 29.4 Å². The third kappa shape index (κ3) is 6.21. The maximum Gasteiger partial charge on any atom is 0.330 e. The van der Waals surface area contributed by atoms with Crippen LogP contribution in [0.1, 0.15) is 32.8 Å². The number of carbonyl (C=O) groups excluding carboxylic acids is 1. The van der Waals surface area contributed by atoms with Crippen molar-refractivity contribution in [3.63, 3.8) is 0 Å². The Hall–Kier alpha value is -4.11.